The Labute approximate surface area is 198 Å². The maximum atomic E-state index is 14.7. The number of aryl methyl sites for hydroxylation is 2. The van der Waals surface area contributed by atoms with Crippen molar-refractivity contribution in [2.24, 2.45) is 0 Å². The molecule has 2 aromatic carbocycles. The van der Waals surface area contributed by atoms with Gasteiger partial charge in [0, 0.05) is 23.3 Å². The van der Waals surface area contributed by atoms with E-state index < -0.39 is 0 Å². The molecule has 0 saturated carbocycles. The summed E-state index contributed by atoms with van der Waals surface area (Å²) in [5.74, 6) is -0.247. The van der Waals surface area contributed by atoms with Crippen LogP contribution in [0.15, 0.2) is 79.0 Å². The average molecular weight is 457 g/mol. The first-order valence-corrected chi connectivity index (χ1v) is 11.4. The van der Waals surface area contributed by atoms with Crippen LogP contribution < -0.4 is 10.2 Å². The highest BCUT2D eigenvalue weighted by Gasteiger charge is 2.42. The molecule has 1 saturated heterocycles. The van der Waals surface area contributed by atoms with Crippen molar-refractivity contribution in [1.29, 1.82) is 0 Å². The molecular weight excluding hydrogens is 431 g/mol. The Morgan fingerprint density at radius 2 is 1.73 bits per heavy atom. The minimum atomic E-state index is -0.247. The number of halogens is 1. The van der Waals surface area contributed by atoms with Crippen LogP contribution in [-0.4, -0.2) is 14.7 Å². The Balaban J connectivity index is 1.70. The van der Waals surface area contributed by atoms with Gasteiger partial charge < -0.3 is 14.8 Å². The normalized spacial score (nSPS) is 17.9. The van der Waals surface area contributed by atoms with Gasteiger partial charge in [0.1, 0.15) is 5.82 Å². The fourth-order valence-electron chi connectivity index (χ4n) is 4.82. The number of rotatable bonds is 4. The summed E-state index contributed by atoms with van der Waals surface area (Å²) in [6.07, 6.45) is 1.80. The standard InChI is InChI=1S/C27H25FN4S/c1-17-9-8-10-20(15-17)32-26(25(30-27(32)33)23-12-6-7-14-29-23)21-16-18(2)31(19(21)3)24-13-5-4-11-22(24)28/h4-16,25-26H,1-3H3,(H,30,33)/t25-,26+/m1/s1. The lowest BCUT2D eigenvalue weighted by molar-refractivity contribution is 0.564. The first kappa shape index (κ1) is 21.3. The minimum absolute atomic E-state index is 0.138. The molecule has 1 N–H and O–H groups in total. The number of anilines is 1. The second kappa shape index (κ2) is 8.45. The molecule has 1 aliphatic heterocycles. The Hall–Kier alpha value is -3.51. The second-order valence-electron chi connectivity index (χ2n) is 8.45. The fraction of sp³-hybridized carbons (Fsp3) is 0.185. The molecule has 4 nitrogen and oxygen atoms in total. The first-order chi connectivity index (χ1) is 16.0. The van der Waals surface area contributed by atoms with Crippen molar-refractivity contribution < 1.29 is 4.39 Å². The molecule has 5 rings (SSSR count). The highest BCUT2D eigenvalue weighted by atomic mass is 32.1. The van der Waals surface area contributed by atoms with Crippen molar-refractivity contribution in [3.05, 3.63) is 113 Å². The van der Waals surface area contributed by atoms with Crippen molar-refractivity contribution >= 4 is 23.0 Å². The molecule has 0 spiro atoms. The number of hydrogen-bond acceptors (Lipinski definition) is 2. The van der Waals surface area contributed by atoms with Crippen LogP contribution in [0.5, 0.6) is 0 Å². The molecule has 1 fully saturated rings. The molecule has 4 aromatic rings. The highest BCUT2D eigenvalue weighted by Crippen LogP contribution is 2.43. The number of thiocarbonyl (C=S) groups is 1. The van der Waals surface area contributed by atoms with Crippen LogP contribution in [0.25, 0.3) is 5.69 Å². The van der Waals surface area contributed by atoms with Crippen LogP contribution in [0.2, 0.25) is 0 Å². The van der Waals surface area contributed by atoms with Crippen molar-refractivity contribution in [2.45, 2.75) is 32.9 Å². The van der Waals surface area contributed by atoms with Crippen LogP contribution in [-0.2, 0) is 0 Å². The van der Waals surface area contributed by atoms with Crippen molar-refractivity contribution in [3.8, 4) is 5.69 Å². The van der Waals surface area contributed by atoms with Gasteiger partial charge in [-0.05, 0) is 86.6 Å². The third kappa shape index (κ3) is 3.70. The van der Waals surface area contributed by atoms with Gasteiger partial charge in [-0.15, -0.1) is 0 Å². The highest BCUT2D eigenvalue weighted by molar-refractivity contribution is 7.80. The number of nitrogens with one attached hydrogen (secondary N) is 1. The molecule has 0 aliphatic carbocycles. The molecule has 0 amide bonds. The predicted molar refractivity (Wildman–Crippen MR) is 134 cm³/mol. The Morgan fingerprint density at radius 1 is 0.939 bits per heavy atom. The molecule has 166 valence electrons. The SMILES string of the molecule is Cc1cccc(N2C(=S)N[C@H](c3ccccn3)[C@@H]2c2cc(C)n(-c3ccccc3F)c2C)c1. The maximum absolute atomic E-state index is 14.7. The molecule has 0 unspecified atom stereocenters. The molecular formula is C27H25FN4S. The average Bonchev–Trinajstić information content (AvgIpc) is 3.30. The third-order valence-electron chi connectivity index (χ3n) is 6.26. The molecule has 0 bridgehead atoms. The number of para-hydroxylation sites is 1. The van der Waals surface area contributed by atoms with E-state index in [4.69, 9.17) is 12.2 Å². The Bertz CT molecular complexity index is 1330. The number of aromatic nitrogens is 2. The van der Waals surface area contributed by atoms with Gasteiger partial charge in [-0.25, -0.2) is 4.39 Å². The first-order valence-electron chi connectivity index (χ1n) is 11.0. The smallest absolute Gasteiger partial charge is 0.174 e. The number of nitrogens with zero attached hydrogens (tertiary/aromatic N) is 3. The van der Waals surface area contributed by atoms with Gasteiger partial charge in [-0.1, -0.05) is 30.3 Å². The van der Waals surface area contributed by atoms with E-state index in [9.17, 15) is 4.39 Å². The zero-order valence-electron chi connectivity index (χ0n) is 18.8. The van der Waals surface area contributed by atoms with E-state index in [1.54, 1.807) is 12.3 Å². The lowest BCUT2D eigenvalue weighted by Crippen LogP contribution is -2.29. The summed E-state index contributed by atoms with van der Waals surface area (Å²) in [6.45, 7) is 6.13. The molecule has 33 heavy (non-hydrogen) atoms. The third-order valence-corrected chi connectivity index (χ3v) is 6.57. The molecule has 6 heteroatoms. The van der Waals surface area contributed by atoms with Crippen LogP contribution in [0.3, 0.4) is 0 Å². The Kier molecular flexibility index (Phi) is 5.46. The van der Waals surface area contributed by atoms with E-state index in [2.05, 4.69) is 46.4 Å². The zero-order valence-corrected chi connectivity index (χ0v) is 19.6. The summed E-state index contributed by atoms with van der Waals surface area (Å²) >= 11 is 5.84. The van der Waals surface area contributed by atoms with Crippen molar-refractivity contribution in [2.75, 3.05) is 4.90 Å². The predicted octanol–water partition coefficient (Wildman–Crippen LogP) is 6.11. The second-order valence-corrected chi connectivity index (χ2v) is 8.84. The minimum Gasteiger partial charge on any atom is -0.351 e. The van der Waals surface area contributed by atoms with Gasteiger partial charge in [0.25, 0.3) is 0 Å². The summed E-state index contributed by atoms with van der Waals surface area (Å²) in [5.41, 5.74) is 6.67. The van der Waals surface area contributed by atoms with E-state index in [1.165, 1.54) is 6.07 Å². The molecule has 2 atom stereocenters. The van der Waals surface area contributed by atoms with E-state index in [0.29, 0.717) is 10.8 Å². The summed E-state index contributed by atoms with van der Waals surface area (Å²) in [5, 5.41) is 4.16. The van der Waals surface area contributed by atoms with E-state index >= 15 is 0 Å². The monoisotopic (exact) mass is 456 g/mol. The Morgan fingerprint density at radius 3 is 2.45 bits per heavy atom. The van der Waals surface area contributed by atoms with E-state index in [0.717, 1.165) is 33.9 Å². The van der Waals surface area contributed by atoms with Crippen LogP contribution >= 0.6 is 12.2 Å². The van der Waals surface area contributed by atoms with Gasteiger partial charge in [0.2, 0.25) is 0 Å². The number of pyridine rings is 1. The number of benzene rings is 2. The summed E-state index contributed by atoms with van der Waals surface area (Å²) < 4.78 is 16.7. The van der Waals surface area contributed by atoms with Crippen molar-refractivity contribution in [1.82, 2.24) is 14.9 Å². The summed E-state index contributed by atoms with van der Waals surface area (Å²) in [6, 6.07) is 23.0. The molecule has 1 aliphatic rings. The topological polar surface area (TPSA) is 33.1 Å². The molecule has 0 radical (unpaired) electrons. The van der Waals surface area contributed by atoms with E-state index in [1.807, 2.05) is 54.8 Å². The number of hydrogen-bond donors (Lipinski definition) is 1. The van der Waals surface area contributed by atoms with Gasteiger partial charge >= 0.3 is 0 Å². The van der Waals surface area contributed by atoms with Gasteiger partial charge in [0.05, 0.1) is 23.5 Å². The lowest BCUT2D eigenvalue weighted by Gasteiger charge is -2.28. The largest absolute Gasteiger partial charge is 0.351 e. The fourth-order valence-corrected chi connectivity index (χ4v) is 5.16. The van der Waals surface area contributed by atoms with Crippen LogP contribution in [0, 0.1) is 26.6 Å². The van der Waals surface area contributed by atoms with Crippen LogP contribution in [0.1, 0.15) is 40.3 Å². The lowest BCUT2D eigenvalue weighted by atomic mass is 9.96. The quantitative estimate of drug-likeness (QED) is 0.376. The molecule has 3 heterocycles. The van der Waals surface area contributed by atoms with E-state index in [-0.39, 0.29) is 17.9 Å². The van der Waals surface area contributed by atoms with Gasteiger partial charge in [0.15, 0.2) is 5.11 Å². The van der Waals surface area contributed by atoms with Crippen LogP contribution in [0.4, 0.5) is 10.1 Å². The zero-order chi connectivity index (χ0) is 23.1. The van der Waals surface area contributed by atoms with Gasteiger partial charge in [-0.3, -0.25) is 4.98 Å². The maximum Gasteiger partial charge on any atom is 0.174 e. The molecule has 2 aromatic heterocycles. The summed E-state index contributed by atoms with van der Waals surface area (Å²) in [7, 11) is 0. The van der Waals surface area contributed by atoms with Crippen molar-refractivity contribution in [3.63, 3.8) is 0 Å². The summed E-state index contributed by atoms with van der Waals surface area (Å²) in [4.78, 5) is 6.79. The van der Waals surface area contributed by atoms with Gasteiger partial charge in [-0.2, -0.15) is 0 Å².